The highest BCUT2D eigenvalue weighted by Crippen LogP contribution is 2.10. The predicted octanol–water partition coefficient (Wildman–Crippen LogP) is 1.31. The lowest BCUT2D eigenvalue weighted by molar-refractivity contribution is -0.893. The molecule has 0 rings (SSSR count). The maximum Gasteiger partial charge on any atom is 0.105 e. The lowest BCUT2D eigenvalue weighted by Gasteiger charge is -2.32. The Labute approximate surface area is 118 Å². The van der Waals surface area contributed by atoms with E-state index < -0.39 is 5.97 Å². The van der Waals surface area contributed by atoms with E-state index >= 15 is 0 Å². The number of nitrogens with zero attached hydrogens (tertiary/aromatic N) is 1. The van der Waals surface area contributed by atoms with Crippen LogP contribution in [0.5, 0.6) is 0 Å². The van der Waals surface area contributed by atoms with Gasteiger partial charge in [-0.3, -0.25) is 0 Å². The van der Waals surface area contributed by atoms with Gasteiger partial charge in [0.1, 0.15) is 12.6 Å². The van der Waals surface area contributed by atoms with Crippen molar-refractivity contribution in [1.82, 2.24) is 0 Å². The van der Waals surface area contributed by atoms with Gasteiger partial charge in [0.15, 0.2) is 0 Å². The van der Waals surface area contributed by atoms with Crippen molar-refractivity contribution in [2.24, 2.45) is 0 Å². The van der Waals surface area contributed by atoms with Crippen LogP contribution in [0.25, 0.3) is 0 Å². The third-order valence-corrected chi connectivity index (χ3v) is 3.49. The van der Waals surface area contributed by atoms with Crippen LogP contribution in [-0.2, 0) is 4.79 Å². The van der Waals surface area contributed by atoms with Crippen molar-refractivity contribution >= 4 is 5.97 Å². The standard InChI is InChI=1S/C15H31NO3/c1-4-5-6-7-10-14(17)13-16(2,3)12-9-8-11-15(18)19/h14,17H,4-13H2,1-3H3. The van der Waals surface area contributed by atoms with Crippen LogP contribution in [0.1, 0.15) is 58.3 Å². The molecule has 4 nitrogen and oxygen atoms in total. The molecule has 0 heterocycles. The third-order valence-electron chi connectivity index (χ3n) is 3.49. The Bertz CT molecular complexity index is 242. The minimum absolute atomic E-state index is 0.138. The molecule has 0 aliphatic heterocycles. The molecule has 0 aromatic heterocycles. The van der Waals surface area contributed by atoms with Crippen LogP contribution < -0.4 is 5.11 Å². The number of carboxylic acid groups (broad SMARTS) is 1. The minimum atomic E-state index is -0.971. The molecule has 1 atom stereocenters. The second kappa shape index (κ2) is 10.2. The van der Waals surface area contributed by atoms with Crippen LogP contribution in [0.15, 0.2) is 0 Å². The van der Waals surface area contributed by atoms with Gasteiger partial charge in [0, 0.05) is 5.97 Å². The van der Waals surface area contributed by atoms with Gasteiger partial charge in [0.25, 0.3) is 0 Å². The van der Waals surface area contributed by atoms with Crippen molar-refractivity contribution in [1.29, 1.82) is 0 Å². The number of carbonyl (C=O) groups excluding carboxylic acids is 1. The van der Waals surface area contributed by atoms with Crippen LogP contribution in [-0.4, -0.2) is 48.8 Å². The first kappa shape index (κ1) is 18.4. The molecule has 0 saturated heterocycles. The molecule has 0 saturated carbocycles. The van der Waals surface area contributed by atoms with Crippen molar-refractivity contribution in [2.75, 3.05) is 27.2 Å². The summed E-state index contributed by atoms with van der Waals surface area (Å²) in [6, 6.07) is 0. The van der Waals surface area contributed by atoms with E-state index in [1.54, 1.807) is 0 Å². The van der Waals surface area contributed by atoms with Crippen LogP contribution in [0.4, 0.5) is 0 Å². The summed E-state index contributed by atoms with van der Waals surface area (Å²) in [5.74, 6) is -0.971. The molecule has 0 amide bonds. The zero-order valence-electron chi connectivity index (χ0n) is 12.9. The summed E-state index contributed by atoms with van der Waals surface area (Å²) in [4.78, 5) is 10.3. The van der Waals surface area contributed by atoms with Gasteiger partial charge in [-0.05, 0) is 25.7 Å². The molecule has 0 aliphatic carbocycles. The monoisotopic (exact) mass is 273 g/mol. The van der Waals surface area contributed by atoms with E-state index in [0.29, 0.717) is 6.42 Å². The molecule has 0 aromatic carbocycles. The number of quaternary nitrogens is 1. The first-order valence-corrected chi connectivity index (χ1v) is 7.57. The zero-order chi connectivity index (χ0) is 14.7. The maximum absolute atomic E-state index is 10.3. The molecule has 114 valence electrons. The normalized spacial score (nSPS) is 13.5. The van der Waals surface area contributed by atoms with Crippen LogP contribution in [0.2, 0.25) is 0 Å². The number of hydrogen-bond donors (Lipinski definition) is 1. The fraction of sp³-hybridized carbons (Fsp3) is 0.933. The largest absolute Gasteiger partial charge is 0.550 e. The molecule has 0 aliphatic rings. The van der Waals surface area contributed by atoms with Gasteiger partial charge in [-0.2, -0.15) is 0 Å². The van der Waals surface area contributed by atoms with Crippen LogP contribution in [0, 0.1) is 0 Å². The van der Waals surface area contributed by atoms with Crippen molar-refractivity contribution in [2.45, 2.75) is 64.4 Å². The summed E-state index contributed by atoms with van der Waals surface area (Å²) in [5, 5.41) is 20.3. The molecule has 19 heavy (non-hydrogen) atoms. The summed E-state index contributed by atoms with van der Waals surface area (Å²) >= 11 is 0. The predicted molar refractivity (Wildman–Crippen MR) is 75.5 cm³/mol. The van der Waals surface area contributed by atoms with Crippen molar-refractivity contribution in [3.63, 3.8) is 0 Å². The molecule has 1 unspecified atom stereocenters. The lowest BCUT2D eigenvalue weighted by atomic mass is 10.1. The van der Waals surface area contributed by atoms with Crippen molar-refractivity contribution in [3.8, 4) is 0 Å². The molecule has 0 bridgehead atoms. The number of rotatable bonds is 12. The van der Waals surface area contributed by atoms with Crippen LogP contribution in [0.3, 0.4) is 0 Å². The smallest absolute Gasteiger partial charge is 0.105 e. The number of carbonyl (C=O) groups is 1. The fourth-order valence-corrected chi connectivity index (χ4v) is 2.37. The van der Waals surface area contributed by atoms with Gasteiger partial charge in [0.2, 0.25) is 0 Å². The summed E-state index contributed by atoms with van der Waals surface area (Å²) in [5.41, 5.74) is 0. The van der Waals surface area contributed by atoms with Gasteiger partial charge in [-0.25, -0.2) is 0 Å². The Morgan fingerprint density at radius 3 is 2.42 bits per heavy atom. The zero-order valence-corrected chi connectivity index (χ0v) is 12.9. The topological polar surface area (TPSA) is 60.4 Å². The SMILES string of the molecule is CCCCCCC(O)C[N+](C)(C)CCCCC(=O)[O-]. The van der Waals surface area contributed by atoms with Gasteiger partial charge < -0.3 is 19.5 Å². The third kappa shape index (κ3) is 12.2. The molecule has 0 spiro atoms. The summed E-state index contributed by atoms with van der Waals surface area (Å²) in [6.45, 7) is 3.83. The van der Waals surface area contributed by atoms with Gasteiger partial charge in [-0.15, -0.1) is 0 Å². The van der Waals surface area contributed by atoms with E-state index in [1.807, 2.05) is 0 Å². The Kier molecular flexibility index (Phi) is 9.88. The molecular weight excluding hydrogens is 242 g/mol. The maximum atomic E-state index is 10.3. The highest BCUT2D eigenvalue weighted by Gasteiger charge is 2.19. The van der Waals surface area contributed by atoms with E-state index in [4.69, 9.17) is 0 Å². The van der Waals surface area contributed by atoms with E-state index in [9.17, 15) is 15.0 Å². The first-order chi connectivity index (χ1) is 8.87. The number of aliphatic hydroxyl groups excluding tert-OH is 1. The average Bonchev–Trinajstić information content (AvgIpc) is 2.29. The first-order valence-electron chi connectivity index (χ1n) is 7.57. The number of aliphatic hydroxyl groups is 1. The Morgan fingerprint density at radius 2 is 1.84 bits per heavy atom. The Morgan fingerprint density at radius 1 is 1.16 bits per heavy atom. The number of aliphatic carboxylic acids is 1. The molecule has 1 N–H and O–H groups in total. The lowest BCUT2D eigenvalue weighted by Crippen LogP contribution is -2.46. The molecular formula is C15H31NO3. The highest BCUT2D eigenvalue weighted by atomic mass is 16.4. The molecule has 0 fully saturated rings. The minimum Gasteiger partial charge on any atom is -0.550 e. The molecule has 0 aromatic rings. The number of likely N-dealkylation sites (N-methyl/N-ethyl adjacent to an activating group) is 1. The van der Waals surface area contributed by atoms with E-state index in [1.165, 1.54) is 19.3 Å². The van der Waals surface area contributed by atoms with E-state index in [0.717, 1.165) is 36.8 Å². The summed E-state index contributed by atoms with van der Waals surface area (Å²) in [6.07, 6.45) is 7.06. The van der Waals surface area contributed by atoms with E-state index in [-0.39, 0.29) is 12.5 Å². The van der Waals surface area contributed by atoms with Gasteiger partial charge >= 0.3 is 0 Å². The van der Waals surface area contributed by atoms with E-state index in [2.05, 4.69) is 21.0 Å². The fourth-order valence-electron chi connectivity index (χ4n) is 2.37. The second-order valence-electron chi connectivity index (χ2n) is 6.17. The van der Waals surface area contributed by atoms with Crippen molar-refractivity contribution in [3.05, 3.63) is 0 Å². The van der Waals surface area contributed by atoms with Gasteiger partial charge in [0.05, 0.1) is 20.6 Å². The Hall–Kier alpha value is -0.610. The number of unbranched alkanes of at least 4 members (excludes halogenated alkanes) is 4. The van der Waals surface area contributed by atoms with Gasteiger partial charge in [-0.1, -0.05) is 32.6 Å². The molecule has 0 radical (unpaired) electrons. The Balaban J connectivity index is 3.71. The summed E-state index contributed by atoms with van der Waals surface area (Å²) in [7, 11) is 4.18. The quantitative estimate of drug-likeness (QED) is 0.431. The second-order valence-corrected chi connectivity index (χ2v) is 6.17. The van der Waals surface area contributed by atoms with Crippen LogP contribution >= 0.6 is 0 Å². The number of hydrogen-bond acceptors (Lipinski definition) is 3. The molecule has 4 heteroatoms. The highest BCUT2D eigenvalue weighted by molar-refractivity contribution is 5.63. The number of carboxylic acids is 1. The average molecular weight is 273 g/mol. The van der Waals surface area contributed by atoms with Crippen molar-refractivity contribution < 1.29 is 19.5 Å². The summed E-state index contributed by atoms with van der Waals surface area (Å²) < 4.78 is 0.752.